The summed E-state index contributed by atoms with van der Waals surface area (Å²) >= 11 is 0. The number of hydrogen-bond donors (Lipinski definition) is 4. The topological polar surface area (TPSA) is 147 Å². The molecule has 2 aromatic rings. The number of fused-ring (bicyclic) bond motifs is 1. The van der Waals surface area contributed by atoms with Crippen LogP contribution in [0.4, 0.5) is 0 Å². The SMILES string of the molecule is OC[C@H]1O[C@@H](n2cnc3c(O)nnnc32)C(O)C1O. The summed E-state index contributed by atoms with van der Waals surface area (Å²) in [5, 5.41) is 48.5. The number of nitrogens with zero attached hydrogens (tertiary/aromatic N) is 5. The first-order valence-electron chi connectivity index (χ1n) is 5.50. The van der Waals surface area contributed by atoms with E-state index >= 15 is 0 Å². The van der Waals surface area contributed by atoms with Gasteiger partial charge in [0.15, 0.2) is 17.4 Å². The van der Waals surface area contributed by atoms with E-state index in [0.29, 0.717) is 0 Å². The molecule has 3 rings (SSSR count). The van der Waals surface area contributed by atoms with E-state index in [-0.39, 0.29) is 11.2 Å². The first kappa shape index (κ1) is 12.2. The van der Waals surface area contributed by atoms with Crippen LogP contribution in [0.1, 0.15) is 6.23 Å². The summed E-state index contributed by atoms with van der Waals surface area (Å²) < 4.78 is 6.64. The zero-order valence-electron chi connectivity index (χ0n) is 9.53. The number of ether oxygens (including phenoxy) is 1. The van der Waals surface area contributed by atoms with Crippen LogP contribution in [0.5, 0.6) is 5.88 Å². The number of aromatic nitrogens is 5. The molecule has 3 heterocycles. The molecule has 0 spiro atoms. The molecule has 1 saturated heterocycles. The van der Waals surface area contributed by atoms with Gasteiger partial charge in [0, 0.05) is 0 Å². The average molecular weight is 269 g/mol. The van der Waals surface area contributed by atoms with E-state index in [1.165, 1.54) is 10.9 Å². The van der Waals surface area contributed by atoms with Gasteiger partial charge in [0.25, 0.3) is 5.88 Å². The monoisotopic (exact) mass is 269 g/mol. The second-order valence-corrected chi connectivity index (χ2v) is 4.17. The van der Waals surface area contributed by atoms with Gasteiger partial charge in [0.05, 0.1) is 12.9 Å². The van der Waals surface area contributed by atoms with Crippen molar-refractivity contribution in [2.45, 2.75) is 24.5 Å². The molecule has 1 aliphatic rings. The number of rotatable bonds is 2. The molecule has 19 heavy (non-hydrogen) atoms. The van der Waals surface area contributed by atoms with Crippen molar-refractivity contribution in [2.24, 2.45) is 0 Å². The molecule has 0 saturated carbocycles. The minimum atomic E-state index is -1.26. The number of aliphatic hydroxyl groups is 3. The minimum absolute atomic E-state index is 0.104. The number of aromatic hydroxyl groups is 1. The highest BCUT2D eigenvalue weighted by molar-refractivity contribution is 5.74. The zero-order chi connectivity index (χ0) is 13.6. The summed E-state index contributed by atoms with van der Waals surface area (Å²) in [6, 6.07) is 0. The average Bonchev–Trinajstić information content (AvgIpc) is 2.94. The van der Waals surface area contributed by atoms with Gasteiger partial charge in [-0.3, -0.25) is 4.57 Å². The van der Waals surface area contributed by atoms with E-state index in [9.17, 15) is 15.3 Å². The van der Waals surface area contributed by atoms with Gasteiger partial charge in [-0.1, -0.05) is 5.10 Å². The summed E-state index contributed by atoms with van der Waals surface area (Å²) in [6.07, 6.45) is -3.09. The Balaban J connectivity index is 2.04. The van der Waals surface area contributed by atoms with Gasteiger partial charge in [-0.15, -0.1) is 5.10 Å². The van der Waals surface area contributed by atoms with Gasteiger partial charge in [-0.05, 0) is 5.21 Å². The van der Waals surface area contributed by atoms with E-state index in [1.807, 2.05) is 0 Å². The van der Waals surface area contributed by atoms with Crippen molar-refractivity contribution < 1.29 is 25.2 Å². The first-order chi connectivity index (χ1) is 9.13. The second-order valence-electron chi connectivity index (χ2n) is 4.17. The van der Waals surface area contributed by atoms with Gasteiger partial charge in [0.2, 0.25) is 0 Å². The second kappa shape index (κ2) is 4.35. The molecule has 2 unspecified atom stereocenters. The Kier molecular flexibility index (Phi) is 2.78. The lowest BCUT2D eigenvalue weighted by Gasteiger charge is -2.15. The number of hydrogen-bond acceptors (Lipinski definition) is 9. The summed E-state index contributed by atoms with van der Waals surface area (Å²) in [4.78, 5) is 3.89. The van der Waals surface area contributed by atoms with E-state index in [2.05, 4.69) is 20.4 Å². The molecule has 4 N–H and O–H groups in total. The normalized spacial score (nSPS) is 31.1. The lowest BCUT2D eigenvalue weighted by atomic mass is 10.1. The van der Waals surface area contributed by atoms with Crippen LogP contribution in [-0.2, 0) is 4.74 Å². The Labute approximate surface area is 105 Å². The number of aliphatic hydroxyl groups excluding tert-OH is 3. The third-order valence-corrected chi connectivity index (χ3v) is 3.05. The molecule has 0 aliphatic carbocycles. The Morgan fingerprint density at radius 2 is 2.05 bits per heavy atom. The minimum Gasteiger partial charge on any atom is -0.491 e. The van der Waals surface area contributed by atoms with Crippen molar-refractivity contribution >= 4 is 11.2 Å². The lowest BCUT2D eigenvalue weighted by molar-refractivity contribution is -0.0511. The molecular weight excluding hydrogens is 258 g/mol. The predicted octanol–water partition coefficient (Wildman–Crippen LogP) is -2.46. The summed E-state index contributed by atoms with van der Waals surface area (Å²) in [5.41, 5.74) is 0.259. The van der Waals surface area contributed by atoms with Crippen LogP contribution in [0.2, 0.25) is 0 Å². The molecule has 102 valence electrons. The molecule has 0 amide bonds. The Morgan fingerprint density at radius 1 is 1.26 bits per heavy atom. The third kappa shape index (κ3) is 1.73. The van der Waals surface area contributed by atoms with E-state index < -0.39 is 37.0 Å². The van der Waals surface area contributed by atoms with Crippen molar-refractivity contribution in [2.75, 3.05) is 6.61 Å². The molecule has 4 atom stereocenters. The highest BCUT2D eigenvalue weighted by atomic mass is 16.6. The quantitative estimate of drug-likeness (QED) is 0.466. The van der Waals surface area contributed by atoms with Crippen LogP contribution in [0.15, 0.2) is 6.33 Å². The van der Waals surface area contributed by atoms with Crippen LogP contribution in [-0.4, -0.2) is 70.3 Å². The summed E-state index contributed by atoms with van der Waals surface area (Å²) in [6.45, 7) is -0.431. The highest BCUT2D eigenvalue weighted by Crippen LogP contribution is 2.31. The van der Waals surface area contributed by atoms with Crippen LogP contribution in [0.25, 0.3) is 11.2 Å². The van der Waals surface area contributed by atoms with Crippen molar-refractivity contribution in [3.05, 3.63) is 6.33 Å². The van der Waals surface area contributed by atoms with E-state index in [0.717, 1.165) is 0 Å². The molecule has 0 aromatic carbocycles. The maximum Gasteiger partial charge on any atom is 0.262 e. The van der Waals surface area contributed by atoms with Crippen molar-refractivity contribution in [3.63, 3.8) is 0 Å². The lowest BCUT2D eigenvalue weighted by Crippen LogP contribution is -2.33. The third-order valence-electron chi connectivity index (χ3n) is 3.05. The van der Waals surface area contributed by atoms with Gasteiger partial charge in [-0.2, -0.15) is 0 Å². The molecule has 10 nitrogen and oxygen atoms in total. The Morgan fingerprint density at radius 3 is 2.74 bits per heavy atom. The molecule has 0 radical (unpaired) electrons. The van der Waals surface area contributed by atoms with Crippen LogP contribution in [0.3, 0.4) is 0 Å². The Hall–Kier alpha value is -1.88. The largest absolute Gasteiger partial charge is 0.491 e. The first-order valence-corrected chi connectivity index (χ1v) is 5.50. The van der Waals surface area contributed by atoms with Crippen LogP contribution >= 0.6 is 0 Å². The fourth-order valence-corrected chi connectivity index (χ4v) is 2.06. The molecule has 0 bridgehead atoms. The Bertz CT molecular complexity index is 604. The molecular formula is C9H11N5O5. The van der Waals surface area contributed by atoms with E-state index in [4.69, 9.17) is 9.84 Å². The van der Waals surface area contributed by atoms with Crippen molar-refractivity contribution in [1.29, 1.82) is 0 Å². The van der Waals surface area contributed by atoms with Gasteiger partial charge in [-0.25, -0.2) is 4.98 Å². The predicted molar refractivity (Wildman–Crippen MR) is 57.8 cm³/mol. The smallest absolute Gasteiger partial charge is 0.262 e. The van der Waals surface area contributed by atoms with Crippen molar-refractivity contribution in [3.8, 4) is 5.88 Å². The van der Waals surface area contributed by atoms with Crippen LogP contribution < -0.4 is 0 Å². The van der Waals surface area contributed by atoms with E-state index in [1.54, 1.807) is 0 Å². The maximum atomic E-state index is 9.90. The highest BCUT2D eigenvalue weighted by Gasteiger charge is 2.44. The van der Waals surface area contributed by atoms with Crippen molar-refractivity contribution in [1.82, 2.24) is 25.0 Å². The van der Waals surface area contributed by atoms with Crippen LogP contribution in [0, 0.1) is 0 Å². The zero-order valence-corrected chi connectivity index (χ0v) is 9.53. The van der Waals surface area contributed by atoms with Gasteiger partial charge >= 0.3 is 0 Å². The summed E-state index contributed by atoms with van der Waals surface area (Å²) in [5.74, 6) is -0.393. The molecule has 1 fully saturated rings. The molecule has 2 aromatic heterocycles. The standard InChI is InChI=1S/C9H11N5O5/c15-1-3-5(16)6(17)9(19-3)14-2-10-4-7(14)11-13-12-8(4)18/h2-3,5-6,9,15-17H,1H2,(H,11,12,18)/t3-,5?,6?,9-/m1/s1. The number of imidazole rings is 1. The fraction of sp³-hybridized carbons (Fsp3) is 0.556. The fourth-order valence-electron chi connectivity index (χ4n) is 2.06. The van der Waals surface area contributed by atoms with Gasteiger partial charge in [0.1, 0.15) is 18.3 Å². The molecule has 10 heteroatoms. The summed E-state index contributed by atoms with van der Waals surface area (Å²) in [7, 11) is 0. The molecule has 1 aliphatic heterocycles. The maximum absolute atomic E-state index is 9.90. The van der Waals surface area contributed by atoms with Gasteiger partial charge < -0.3 is 25.2 Å².